The zero-order chi connectivity index (χ0) is 41.9. The van der Waals surface area contributed by atoms with Gasteiger partial charge in [0.1, 0.15) is 6.10 Å². The summed E-state index contributed by atoms with van der Waals surface area (Å²) in [6.45, 7) is 16.9. The van der Waals surface area contributed by atoms with Gasteiger partial charge < -0.3 is 19.8 Å². The summed E-state index contributed by atoms with van der Waals surface area (Å²) in [7, 11) is 0. The molecule has 10 rings (SSSR count). The van der Waals surface area contributed by atoms with Gasteiger partial charge >= 0.3 is 6.09 Å². The first-order valence-corrected chi connectivity index (χ1v) is 24.1. The van der Waals surface area contributed by atoms with Crippen LogP contribution in [0.2, 0.25) is 0 Å². The van der Waals surface area contributed by atoms with Crippen molar-refractivity contribution < 1.29 is 24.5 Å². The fourth-order valence-corrected chi connectivity index (χ4v) is 13.9. The number of hydrogen-bond acceptors (Lipinski definition) is 6. The van der Waals surface area contributed by atoms with Gasteiger partial charge in [0.2, 0.25) is 5.78 Å². The Morgan fingerprint density at radius 2 is 1.76 bits per heavy atom. The van der Waals surface area contributed by atoms with Crippen molar-refractivity contribution in [3.63, 3.8) is 0 Å². The van der Waals surface area contributed by atoms with E-state index < -0.39 is 17.1 Å². The van der Waals surface area contributed by atoms with Gasteiger partial charge in [-0.3, -0.25) is 4.79 Å². The van der Waals surface area contributed by atoms with E-state index >= 15 is 0 Å². The highest BCUT2D eigenvalue weighted by atomic mass is 32.1. The van der Waals surface area contributed by atoms with Gasteiger partial charge in [0.05, 0.1) is 23.1 Å². The first kappa shape index (κ1) is 42.7. The van der Waals surface area contributed by atoms with Gasteiger partial charge in [-0.2, -0.15) is 0 Å². The fourth-order valence-electron chi connectivity index (χ4n) is 12.9. The zero-order valence-corrected chi connectivity index (χ0v) is 37.8. The van der Waals surface area contributed by atoms with Crippen LogP contribution in [-0.2, 0) is 11.2 Å². The minimum Gasteiger partial charge on any atom is -0.446 e. The smallest absolute Gasteiger partial charge is 0.410 e. The Kier molecular flexibility index (Phi) is 12.1. The van der Waals surface area contributed by atoms with E-state index in [9.17, 15) is 19.8 Å². The van der Waals surface area contributed by atoms with Gasteiger partial charge in [0.15, 0.2) is 0 Å². The molecule has 7 aliphatic carbocycles. The number of nitrogens with zero attached hydrogens (tertiary/aromatic N) is 1. The van der Waals surface area contributed by atoms with Crippen molar-refractivity contribution in [2.75, 3.05) is 13.1 Å². The Morgan fingerprint density at radius 1 is 0.966 bits per heavy atom. The van der Waals surface area contributed by atoms with Crippen molar-refractivity contribution in [2.24, 2.45) is 46.3 Å². The summed E-state index contributed by atoms with van der Waals surface area (Å²) in [5, 5.41) is 25.7. The Balaban J connectivity index is 1.17. The molecule has 0 aliphatic heterocycles. The molecule has 0 spiro atoms. The summed E-state index contributed by atoms with van der Waals surface area (Å²) in [6, 6.07) is 16.4. The fraction of sp³-hybridized carbons (Fsp3) is 0.654. The molecule has 0 unspecified atom stereocenters. The molecular formula is C52H71NO5S. The van der Waals surface area contributed by atoms with E-state index in [-0.39, 0.29) is 35.9 Å². The monoisotopic (exact) mass is 822 g/mol. The number of hydrogen-bond donors (Lipinski definition) is 2. The average molecular weight is 822 g/mol. The number of ketones is 1. The molecule has 2 aromatic carbocycles. The first-order valence-electron chi connectivity index (χ1n) is 23.2. The minimum absolute atomic E-state index is 0.00324. The lowest BCUT2D eigenvalue weighted by atomic mass is 9.45. The highest BCUT2D eigenvalue weighted by Gasteiger charge is 2.59. The van der Waals surface area contributed by atoms with Crippen LogP contribution in [0.5, 0.6) is 0 Å². The number of benzene rings is 2. The van der Waals surface area contributed by atoms with Crippen molar-refractivity contribution in [2.45, 2.75) is 156 Å². The number of thiophene rings is 1. The summed E-state index contributed by atoms with van der Waals surface area (Å²) in [6.07, 6.45) is 12.8. The third-order valence-electron chi connectivity index (χ3n) is 16.9. The summed E-state index contributed by atoms with van der Waals surface area (Å²) >= 11 is 1.53. The van der Waals surface area contributed by atoms with Crippen LogP contribution in [0, 0.1) is 46.3 Å². The topological polar surface area (TPSA) is 87.1 Å². The maximum Gasteiger partial charge on any atom is 0.410 e. The van der Waals surface area contributed by atoms with Crippen molar-refractivity contribution in [3.8, 4) is 0 Å². The average Bonchev–Trinajstić information content (AvgIpc) is 3.74. The molecule has 5 fully saturated rings. The number of carbonyl (C=O) groups is 2. The van der Waals surface area contributed by atoms with Crippen LogP contribution in [0.15, 0.2) is 60.2 Å². The van der Waals surface area contributed by atoms with E-state index in [1.54, 1.807) is 0 Å². The number of rotatable bonds is 8. The Hall–Kier alpha value is -3.00. The minimum atomic E-state index is -1.20. The molecule has 2 N–H and O–H groups in total. The predicted molar refractivity (Wildman–Crippen MR) is 240 cm³/mol. The second-order valence-corrected chi connectivity index (χ2v) is 22.3. The van der Waals surface area contributed by atoms with Crippen LogP contribution in [0.3, 0.4) is 0 Å². The molecule has 1 heterocycles. The van der Waals surface area contributed by atoms with Crippen LogP contribution in [0.4, 0.5) is 4.79 Å². The van der Waals surface area contributed by atoms with Gasteiger partial charge in [-0.15, -0.1) is 11.3 Å². The number of amides is 1. The first-order chi connectivity index (χ1) is 28.1. The molecule has 6 nitrogen and oxygen atoms in total. The molecule has 0 radical (unpaired) electrons. The molecule has 7 heteroatoms. The normalized spacial score (nSPS) is 34.4. The van der Waals surface area contributed by atoms with Crippen LogP contribution in [0.25, 0.3) is 10.1 Å². The lowest BCUT2D eigenvalue weighted by Gasteiger charge is -2.60. The Morgan fingerprint density at radius 3 is 2.51 bits per heavy atom. The number of fused-ring (bicyclic) bond motifs is 11. The molecule has 4 bridgehead atoms. The second-order valence-electron chi connectivity index (χ2n) is 21.3. The van der Waals surface area contributed by atoms with Crippen molar-refractivity contribution in [1.29, 1.82) is 0 Å². The van der Waals surface area contributed by atoms with Crippen molar-refractivity contribution in [3.05, 3.63) is 81.7 Å². The van der Waals surface area contributed by atoms with Crippen LogP contribution >= 0.6 is 11.3 Å². The third-order valence-corrected chi connectivity index (χ3v) is 18.1. The molecule has 3 aromatic rings. The van der Waals surface area contributed by atoms with E-state index in [0.717, 1.165) is 59.2 Å². The summed E-state index contributed by atoms with van der Waals surface area (Å²) in [5.74, 6) is 2.89. The highest BCUT2D eigenvalue weighted by Crippen LogP contribution is 2.62. The van der Waals surface area contributed by atoms with Crippen LogP contribution < -0.4 is 0 Å². The third kappa shape index (κ3) is 8.23. The largest absolute Gasteiger partial charge is 0.446 e. The SMILES string of the molecule is CC1=CCC[C@@]2(C)[C@@H](CC[C@@]2(O)CN(C[C@@H]2CC[C@H]3C[C@@H]2C3(C)C)C(=O)O[C@H]2C[C@@H](C)CC[C@@H]2C(C)C)c2ccc(cc2C(=O)c2cc3ccccc3s2)C[C@@H](O)CC1. The summed E-state index contributed by atoms with van der Waals surface area (Å²) in [4.78, 5) is 32.4. The molecule has 1 aromatic heterocycles. The summed E-state index contributed by atoms with van der Waals surface area (Å²) in [5.41, 5.74) is 2.29. The molecule has 0 saturated heterocycles. The molecular weight excluding hydrogens is 751 g/mol. The van der Waals surface area contributed by atoms with E-state index in [4.69, 9.17) is 4.74 Å². The van der Waals surface area contributed by atoms with Gasteiger partial charge in [0.25, 0.3) is 0 Å². The lowest BCUT2D eigenvalue weighted by Crippen LogP contribution is -2.58. The number of ether oxygens (including phenoxy) is 1. The van der Waals surface area contributed by atoms with Crippen LogP contribution in [0.1, 0.15) is 158 Å². The quantitative estimate of drug-likeness (QED) is 0.175. The molecule has 10 atom stereocenters. The molecule has 320 valence electrons. The van der Waals surface area contributed by atoms with E-state index in [2.05, 4.69) is 78.8 Å². The molecule has 5 saturated carbocycles. The number of aliphatic hydroxyl groups excluding tert-OH is 1. The number of allylic oxidation sites excluding steroid dienone is 2. The zero-order valence-electron chi connectivity index (χ0n) is 37.0. The van der Waals surface area contributed by atoms with E-state index in [1.165, 1.54) is 36.2 Å². The lowest BCUT2D eigenvalue weighted by molar-refractivity contribution is -0.122. The molecule has 59 heavy (non-hydrogen) atoms. The van der Waals surface area contributed by atoms with Gasteiger partial charge in [0, 0.05) is 22.2 Å². The van der Waals surface area contributed by atoms with E-state index in [0.29, 0.717) is 78.7 Å². The number of aliphatic hydroxyl groups is 2. The Bertz CT molecular complexity index is 2010. The Labute approximate surface area is 358 Å². The molecule has 1 amide bonds. The van der Waals surface area contributed by atoms with Crippen molar-refractivity contribution in [1.82, 2.24) is 4.90 Å². The number of carbonyl (C=O) groups excluding carboxylic acids is 2. The maximum atomic E-state index is 14.9. The van der Waals surface area contributed by atoms with Gasteiger partial charge in [-0.25, -0.2) is 4.79 Å². The standard InChI is InChI=1S/C52H71NO5S/c1-32(2)40-20-15-34(4)25-45(40)58-49(56)53(30-37-17-18-38-29-44(37)50(38,5)6)31-52(57)24-22-43-41-21-16-35(26-39(54)19-14-33(3)11-10-23-51(43,52)7)27-42(41)48(55)47-28-36-12-8-9-13-46(36)59-47/h8-9,11-13,16,21,27-28,32,34,37-40,43-45,54,57H,10,14-15,17-20,22-26,29-31H2,1-7H3/t34-,37-,38-,39-,40+,43-,44-,45-,51-,52+/m0/s1. The van der Waals surface area contributed by atoms with Gasteiger partial charge in [-0.1, -0.05) is 89.9 Å². The summed E-state index contributed by atoms with van der Waals surface area (Å²) < 4.78 is 7.75. The maximum absolute atomic E-state index is 14.9. The molecule has 7 aliphatic rings. The van der Waals surface area contributed by atoms with Crippen molar-refractivity contribution >= 4 is 33.3 Å². The van der Waals surface area contributed by atoms with Gasteiger partial charge in [-0.05, 0) is 166 Å². The predicted octanol–water partition coefficient (Wildman–Crippen LogP) is 12.1. The van der Waals surface area contributed by atoms with Crippen LogP contribution in [-0.4, -0.2) is 57.9 Å². The van der Waals surface area contributed by atoms with E-state index in [1.807, 2.05) is 29.2 Å². The second kappa shape index (κ2) is 16.7. The highest BCUT2D eigenvalue weighted by molar-refractivity contribution is 7.21.